The second kappa shape index (κ2) is 9.51. The van der Waals surface area contributed by atoms with Crippen LogP contribution in [0.4, 0.5) is 10.1 Å². The van der Waals surface area contributed by atoms with Crippen LogP contribution in [0.5, 0.6) is 11.5 Å². The first-order chi connectivity index (χ1) is 14.8. The first kappa shape index (κ1) is 24.1. The number of likely N-dealkylation sites (tertiary alicyclic amines) is 1. The van der Waals surface area contributed by atoms with Gasteiger partial charge in [0.25, 0.3) is 5.91 Å². The largest absolute Gasteiger partial charge is 0.504 e. The fraction of sp³-hybridized carbons (Fsp3) is 0.400. The summed E-state index contributed by atoms with van der Waals surface area (Å²) >= 11 is 0. The molecule has 0 radical (unpaired) electrons. The summed E-state index contributed by atoms with van der Waals surface area (Å²) in [4.78, 5) is 16.8. The lowest BCUT2D eigenvalue weighted by atomic mass is 9.82. The molecule has 2 aromatic rings. The highest BCUT2D eigenvalue weighted by atomic mass is 35.5. The molecule has 0 bridgehead atoms. The van der Waals surface area contributed by atoms with Gasteiger partial charge in [0.15, 0.2) is 11.5 Å². The van der Waals surface area contributed by atoms with Gasteiger partial charge >= 0.3 is 0 Å². The highest BCUT2D eigenvalue weighted by Gasteiger charge is 2.46. The van der Waals surface area contributed by atoms with Crippen molar-refractivity contribution in [3.63, 3.8) is 0 Å². The molecule has 5 nitrogen and oxygen atoms in total. The predicted molar refractivity (Wildman–Crippen MR) is 126 cm³/mol. The minimum absolute atomic E-state index is 0. The number of anilines is 1. The van der Waals surface area contributed by atoms with E-state index in [1.165, 1.54) is 12.1 Å². The Morgan fingerprint density at radius 3 is 2.72 bits per heavy atom. The maximum absolute atomic E-state index is 13.8. The monoisotopic (exact) mass is 460 g/mol. The number of benzene rings is 2. The molecule has 2 unspecified atom stereocenters. The number of nitrogens with zero attached hydrogens (tertiary/aromatic N) is 2. The normalized spacial score (nSPS) is 23.1. The van der Waals surface area contributed by atoms with Crippen molar-refractivity contribution in [3.8, 4) is 11.5 Å². The van der Waals surface area contributed by atoms with Gasteiger partial charge in [-0.05, 0) is 69.5 Å². The SMILES string of the molecule is CC(C)Oc1cc(CN2CCC3(C=CC(=O)N3c3cccc(F)c3)CC2C)ccc1O.Cl. The molecule has 4 rings (SSSR count). The fourth-order valence-electron chi connectivity index (χ4n) is 4.72. The van der Waals surface area contributed by atoms with Gasteiger partial charge in [-0.25, -0.2) is 4.39 Å². The number of rotatable bonds is 5. The van der Waals surface area contributed by atoms with Crippen molar-refractivity contribution in [2.45, 2.75) is 57.8 Å². The molecule has 32 heavy (non-hydrogen) atoms. The lowest BCUT2D eigenvalue weighted by Gasteiger charge is -2.47. The average molecular weight is 461 g/mol. The van der Waals surface area contributed by atoms with E-state index >= 15 is 0 Å². The fourth-order valence-corrected chi connectivity index (χ4v) is 4.72. The molecule has 0 aliphatic carbocycles. The molecule has 1 saturated heterocycles. The lowest BCUT2D eigenvalue weighted by molar-refractivity contribution is -0.114. The second-order valence-corrected chi connectivity index (χ2v) is 8.83. The molecule has 0 aromatic heterocycles. The van der Waals surface area contributed by atoms with Crippen LogP contribution in [0.15, 0.2) is 54.6 Å². The van der Waals surface area contributed by atoms with E-state index in [-0.39, 0.29) is 42.0 Å². The predicted octanol–water partition coefficient (Wildman–Crippen LogP) is 5.07. The molecule has 2 atom stereocenters. The number of amides is 1. The Morgan fingerprint density at radius 2 is 2.03 bits per heavy atom. The zero-order valence-electron chi connectivity index (χ0n) is 18.6. The molecule has 1 fully saturated rings. The van der Waals surface area contributed by atoms with Crippen molar-refractivity contribution in [2.75, 3.05) is 11.4 Å². The molecule has 2 aromatic carbocycles. The number of piperidine rings is 1. The summed E-state index contributed by atoms with van der Waals surface area (Å²) in [6.07, 6.45) is 5.12. The number of carbonyl (C=O) groups excluding carboxylic acids is 1. The molecular formula is C25H30ClFN2O3. The molecule has 2 aliphatic rings. The third kappa shape index (κ3) is 4.76. The van der Waals surface area contributed by atoms with Gasteiger partial charge in [0.05, 0.1) is 11.6 Å². The number of carbonyl (C=O) groups is 1. The summed E-state index contributed by atoms with van der Waals surface area (Å²) in [6.45, 7) is 7.54. The first-order valence-corrected chi connectivity index (χ1v) is 10.8. The Bertz CT molecular complexity index is 1010. The summed E-state index contributed by atoms with van der Waals surface area (Å²) in [5.74, 6) is 0.198. The van der Waals surface area contributed by atoms with Crippen LogP contribution in [0.25, 0.3) is 0 Å². The summed E-state index contributed by atoms with van der Waals surface area (Å²) in [7, 11) is 0. The minimum atomic E-state index is -0.429. The van der Waals surface area contributed by atoms with E-state index in [9.17, 15) is 14.3 Å². The van der Waals surface area contributed by atoms with E-state index in [0.29, 0.717) is 11.4 Å². The standard InChI is InChI=1S/C25H29FN2O3.ClH/c1-17(2)31-23-13-19(7-8-22(23)29)16-27-12-11-25(15-18(27)3)10-9-24(30)28(25)21-6-4-5-20(26)14-21;/h4-10,13-14,17-18,29H,11-12,15-16H2,1-3H3;1H. The zero-order chi connectivity index (χ0) is 22.2. The van der Waals surface area contributed by atoms with Crippen LogP contribution >= 0.6 is 12.4 Å². The lowest BCUT2D eigenvalue weighted by Crippen LogP contribution is -2.56. The van der Waals surface area contributed by atoms with Crippen molar-refractivity contribution < 1.29 is 19.0 Å². The van der Waals surface area contributed by atoms with Gasteiger partial charge in [-0.2, -0.15) is 0 Å². The summed E-state index contributed by atoms with van der Waals surface area (Å²) < 4.78 is 19.5. The Balaban J connectivity index is 0.00000289. The molecular weight excluding hydrogens is 431 g/mol. The van der Waals surface area contributed by atoms with Crippen molar-refractivity contribution in [2.24, 2.45) is 0 Å². The zero-order valence-corrected chi connectivity index (χ0v) is 19.4. The van der Waals surface area contributed by atoms with Crippen LogP contribution in [0, 0.1) is 5.82 Å². The average Bonchev–Trinajstić information content (AvgIpc) is 3.02. The van der Waals surface area contributed by atoms with E-state index in [1.54, 1.807) is 29.2 Å². The van der Waals surface area contributed by atoms with Gasteiger partial charge in [0.2, 0.25) is 0 Å². The van der Waals surface area contributed by atoms with Crippen LogP contribution < -0.4 is 9.64 Å². The third-order valence-corrected chi connectivity index (χ3v) is 6.14. The molecule has 2 heterocycles. The molecule has 1 amide bonds. The highest BCUT2D eigenvalue weighted by molar-refractivity contribution is 6.06. The Hall–Kier alpha value is -2.57. The van der Waals surface area contributed by atoms with E-state index in [2.05, 4.69) is 11.8 Å². The third-order valence-electron chi connectivity index (χ3n) is 6.14. The van der Waals surface area contributed by atoms with Gasteiger partial charge in [0, 0.05) is 30.9 Å². The number of phenols is 1. The second-order valence-electron chi connectivity index (χ2n) is 8.83. The van der Waals surface area contributed by atoms with E-state index in [0.717, 1.165) is 31.5 Å². The molecule has 1 N–H and O–H groups in total. The first-order valence-electron chi connectivity index (χ1n) is 10.8. The number of aromatic hydroxyl groups is 1. The number of ether oxygens (including phenoxy) is 1. The Morgan fingerprint density at radius 1 is 1.25 bits per heavy atom. The quantitative estimate of drug-likeness (QED) is 0.677. The number of hydrogen-bond acceptors (Lipinski definition) is 4. The van der Waals surface area contributed by atoms with Gasteiger partial charge < -0.3 is 9.84 Å². The van der Waals surface area contributed by atoms with Crippen LogP contribution in [-0.4, -0.2) is 40.1 Å². The maximum Gasteiger partial charge on any atom is 0.251 e. The van der Waals surface area contributed by atoms with Crippen LogP contribution in [0.1, 0.15) is 39.2 Å². The Labute approximate surface area is 194 Å². The topological polar surface area (TPSA) is 53.0 Å². The van der Waals surface area contributed by atoms with Crippen molar-refractivity contribution >= 4 is 24.0 Å². The van der Waals surface area contributed by atoms with Gasteiger partial charge in [0.1, 0.15) is 5.82 Å². The number of halogens is 2. The van der Waals surface area contributed by atoms with Crippen LogP contribution in [0.2, 0.25) is 0 Å². The molecule has 2 aliphatic heterocycles. The van der Waals surface area contributed by atoms with Crippen LogP contribution in [0.3, 0.4) is 0 Å². The minimum Gasteiger partial charge on any atom is -0.504 e. The highest BCUT2D eigenvalue weighted by Crippen LogP contribution is 2.41. The number of phenolic OH excluding ortho intramolecular Hbond substituents is 1. The van der Waals surface area contributed by atoms with E-state index in [4.69, 9.17) is 4.74 Å². The number of hydrogen-bond donors (Lipinski definition) is 1. The van der Waals surface area contributed by atoms with Crippen LogP contribution in [-0.2, 0) is 11.3 Å². The van der Waals surface area contributed by atoms with Gasteiger partial charge in [-0.1, -0.05) is 18.2 Å². The van der Waals surface area contributed by atoms with Gasteiger partial charge in [-0.3, -0.25) is 14.6 Å². The van der Waals surface area contributed by atoms with Crippen molar-refractivity contribution in [1.29, 1.82) is 0 Å². The van der Waals surface area contributed by atoms with E-state index in [1.807, 2.05) is 32.1 Å². The molecule has 7 heteroatoms. The molecule has 0 saturated carbocycles. The van der Waals surface area contributed by atoms with Gasteiger partial charge in [-0.15, -0.1) is 12.4 Å². The summed E-state index contributed by atoms with van der Waals surface area (Å²) in [6, 6.07) is 11.9. The maximum atomic E-state index is 13.8. The summed E-state index contributed by atoms with van der Waals surface area (Å²) in [5, 5.41) is 10.1. The summed E-state index contributed by atoms with van der Waals surface area (Å²) in [5.41, 5.74) is 1.24. The van der Waals surface area contributed by atoms with Crippen molar-refractivity contribution in [1.82, 2.24) is 4.90 Å². The van der Waals surface area contributed by atoms with Crippen molar-refractivity contribution in [3.05, 3.63) is 66.0 Å². The molecule has 1 spiro atoms. The Kier molecular flexibility index (Phi) is 7.16. The smallest absolute Gasteiger partial charge is 0.251 e. The van der Waals surface area contributed by atoms with E-state index < -0.39 is 5.54 Å². The molecule has 172 valence electrons.